The Bertz CT molecular complexity index is 1270. The Kier molecular flexibility index (Phi) is 9.41. The van der Waals surface area contributed by atoms with Crippen molar-refractivity contribution in [3.63, 3.8) is 0 Å². The Hall–Kier alpha value is -1.83. The minimum absolute atomic E-state index is 0.158. The smallest absolute Gasteiger partial charge is 0.243 e. The van der Waals surface area contributed by atoms with Crippen molar-refractivity contribution in [2.24, 2.45) is 0 Å². The lowest BCUT2D eigenvalue weighted by atomic mass is 9.95. The number of carbonyl (C=O) groups is 1. The molecule has 1 saturated heterocycles. The predicted octanol–water partition coefficient (Wildman–Crippen LogP) is 3.11. The molecule has 2 aromatic carbocycles. The molecule has 1 aliphatic carbocycles. The van der Waals surface area contributed by atoms with Crippen molar-refractivity contribution in [1.29, 1.82) is 0 Å². The Morgan fingerprint density at radius 1 is 0.919 bits per heavy atom. The maximum atomic E-state index is 13.5. The van der Waals surface area contributed by atoms with Crippen molar-refractivity contribution in [3.8, 4) is 0 Å². The second-order valence-corrected chi connectivity index (χ2v) is 14.0. The Balaban J connectivity index is 1.42. The SMILES string of the molecule is O=C(CN(C1CCCCC1)S(=O)(=O)c1ccc(Br)cc1)NCc1ccc(S(=O)(=O)N2CCOCC2)cc1. The molecule has 0 radical (unpaired) electrons. The minimum atomic E-state index is -3.86. The number of nitrogens with zero attached hydrogens (tertiary/aromatic N) is 2. The van der Waals surface area contributed by atoms with Gasteiger partial charge in [-0.15, -0.1) is 0 Å². The molecule has 0 unspecified atom stereocenters. The van der Waals surface area contributed by atoms with Gasteiger partial charge in [0.1, 0.15) is 0 Å². The predicted molar refractivity (Wildman–Crippen MR) is 143 cm³/mol. The van der Waals surface area contributed by atoms with Crippen molar-refractivity contribution in [2.75, 3.05) is 32.8 Å². The maximum Gasteiger partial charge on any atom is 0.243 e. The molecule has 1 aliphatic heterocycles. The first kappa shape index (κ1) is 28.2. The third-order valence-corrected chi connectivity index (χ3v) is 11.1. The standard InChI is InChI=1S/C25H32BrN3O6S2/c26-21-8-12-24(13-9-21)37(33,34)29(22-4-2-1-3-5-22)19-25(30)27-18-20-6-10-23(11-7-20)36(31,32)28-14-16-35-17-15-28/h6-13,22H,1-5,14-19H2,(H,27,30). The van der Waals surface area contributed by atoms with Crippen LogP contribution < -0.4 is 5.32 Å². The molecule has 1 saturated carbocycles. The summed E-state index contributed by atoms with van der Waals surface area (Å²) in [5.74, 6) is -0.406. The van der Waals surface area contributed by atoms with Gasteiger partial charge in [-0.3, -0.25) is 4.79 Å². The van der Waals surface area contributed by atoms with E-state index in [-0.39, 0.29) is 28.9 Å². The molecular weight excluding hydrogens is 582 g/mol. The van der Waals surface area contributed by atoms with E-state index in [9.17, 15) is 21.6 Å². The number of rotatable bonds is 9. The number of hydrogen-bond acceptors (Lipinski definition) is 6. The van der Waals surface area contributed by atoms with Gasteiger partial charge in [-0.05, 0) is 54.8 Å². The normalized spacial score (nSPS) is 18.1. The summed E-state index contributed by atoms with van der Waals surface area (Å²) >= 11 is 3.33. The molecule has 0 aromatic heterocycles. The van der Waals surface area contributed by atoms with Gasteiger partial charge in [0.2, 0.25) is 26.0 Å². The average molecular weight is 615 g/mol. The first-order chi connectivity index (χ1) is 17.7. The number of amides is 1. The van der Waals surface area contributed by atoms with Crippen LogP contribution in [0.15, 0.2) is 62.8 Å². The third kappa shape index (κ3) is 6.98. The van der Waals surface area contributed by atoms with E-state index in [1.54, 1.807) is 36.4 Å². The Labute approximate surface area is 227 Å². The second-order valence-electron chi connectivity index (χ2n) is 9.23. The summed E-state index contributed by atoms with van der Waals surface area (Å²) in [4.78, 5) is 13.2. The van der Waals surface area contributed by atoms with Crippen LogP contribution in [0, 0.1) is 0 Å². The average Bonchev–Trinajstić information content (AvgIpc) is 2.92. The topological polar surface area (TPSA) is 113 Å². The first-order valence-corrected chi connectivity index (χ1v) is 16.1. The van der Waals surface area contributed by atoms with E-state index < -0.39 is 26.0 Å². The molecule has 12 heteroatoms. The van der Waals surface area contributed by atoms with Gasteiger partial charge in [0.25, 0.3) is 0 Å². The van der Waals surface area contributed by atoms with Crippen LogP contribution in [0.2, 0.25) is 0 Å². The van der Waals surface area contributed by atoms with E-state index in [0.717, 1.165) is 36.6 Å². The molecule has 202 valence electrons. The summed E-state index contributed by atoms with van der Waals surface area (Å²) in [6, 6.07) is 12.6. The Morgan fingerprint density at radius 2 is 1.51 bits per heavy atom. The quantitative estimate of drug-likeness (QED) is 0.465. The summed E-state index contributed by atoms with van der Waals surface area (Å²) in [6.45, 7) is 1.28. The monoisotopic (exact) mass is 613 g/mol. The van der Waals surface area contributed by atoms with E-state index >= 15 is 0 Å². The molecule has 1 amide bonds. The van der Waals surface area contributed by atoms with E-state index in [0.29, 0.717) is 31.9 Å². The van der Waals surface area contributed by atoms with E-state index in [1.807, 2.05) is 0 Å². The van der Waals surface area contributed by atoms with Crippen molar-refractivity contribution in [2.45, 2.75) is 54.5 Å². The van der Waals surface area contributed by atoms with Crippen LogP contribution in [0.3, 0.4) is 0 Å². The molecule has 4 rings (SSSR count). The highest BCUT2D eigenvalue weighted by molar-refractivity contribution is 9.10. The minimum Gasteiger partial charge on any atom is -0.379 e. The van der Waals surface area contributed by atoms with E-state index in [2.05, 4.69) is 21.2 Å². The van der Waals surface area contributed by atoms with Gasteiger partial charge in [-0.2, -0.15) is 8.61 Å². The van der Waals surface area contributed by atoms with Crippen molar-refractivity contribution >= 4 is 41.9 Å². The van der Waals surface area contributed by atoms with Crippen molar-refractivity contribution in [3.05, 3.63) is 58.6 Å². The summed E-state index contributed by atoms with van der Waals surface area (Å²) < 4.78 is 61.3. The van der Waals surface area contributed by atoms with Gasteiger partial charge in [-0.25, -0.2) is 16.8 Å². The lowest BCUT2D eigenvalue weighted by Gasteiger charge is -2.33. The summed E-state index contributed by atoms with van der Waals surface area (Å²) in [5.41, 5.74) is 0.717. The van der Waals surface area contributed by atoms with Crippen LogP contribution in [-0.4, -0.2) is 70.2 Å². The van der Waals surface area contributed by atoms with Crippen LogP contribution in [0.5, 0.6) is 0 Å². The highest BCUT2D eigenvalue weighted by Crippen LogP contribution is 2.28. The lowest BCUT2D eigenvalue weighted by Crippen LogP contribution is -2.46. The molecule has 1 heterocycles. The summed E-state index contributed by atoms with van der Waals surface area (Å²) in [7, 11) is -7.45. The third-order valence-electron chi connectivity index (χ3n) is 6.72. The zero-order chi connectivity index (χ0) is 26.5. The molecule has 0 bridgehead atoms. The number of hydrogen-bond donors (Lipinski definition) is 1. The molecule has 0 atom stereocenters. The molecule has 1 N–H and O–H groups in total. The molecule has 9 nitrogen and oxygen atoms in total. The van der Waals surface area contributed by atoms with Gasteiger partial charge in [0.05, 0.1) is 29.5 Å². The number of ether oxygens (including phenoxy) is 1. The largest absolute Gasteiger partial charge is 0.379 e. The number of carbonyl (C=O) groups excluding carboxylic acids is 1. The van der Waals surface area contributed by atoms with Gasteiger partial charge >= 0.3 is 0 Å². The number of nitrogens with one attached hydrogen (secondary N) is 1. The molecule has 2 aliphatic rings. The van der Waals surface area contributed by atoms with Gasteiger partial charge in [0, 0.05) is 30.1 Å². The fraction of sp³-hybridized carbons (Fsp3) is 0.480. The Morgan fingerprint density at radius 3 is 2.14 bits per heavy atom. The molecule has 37 heavy (non-hydrogen) atoms. The number of sulfonamides is 2. The van der Waals surface area contributed by atoms with Gasteiger partial charge in [-0.1, -0.05) is 47.3 Å². The van der Waals surface area contributed by atoms with Crippen LogP contribution in [0.4, 0.5) is 0 Å². The van der Waals surface area contributed by atoms with Crippen LogP contribution in [0.1, 0.15) is 37.7 Å². The van der Waals surface area contributed by atoms with Crippen LogP contribution >= 0.6 is 15.9 Å². The highest BCUT2D eigenvalue weighted by Gasteiger charge is 2.34. The summed E-state index contributed by atoms with van der Waals surface area (Å²) in [6.07, 6.45) is 4.37. The highest BCUT2D eigenvalue weighted by atomic mass is 79.9. The molecular formula is C25H32BrN3O6S2. The van der Waals surface area contributed by atoms with Gasteiger partial charge in [0.15, 0.2) is 0 Å². The fourth-order valence-electron chi connectivity index (χ4n) is 4.63. The fourth-order valence-corrected chi connectivity index (χ4v) is 7.95. The first-order valence-electron chi connectivity index (χ1n) is 12.4. The van der Waals surface area contributed by atoms with Crippen LogP contribution in [0.25, 0.3) is 0 Å². The van der Waals surface area contributed by atoms with Crippen molar-refractivity contribution < 1.29 is 26.4 Å². The lowest BCUT2D eigenvalue weighted by molar-refractivity contribution is -0.121. The summed E-state index contributed by atoms with van der Waals surface area (Å²) in [5, 5.41) is 2.79. The molecule has 2 fully saturated rings. The van der Waals surface area contributed by atoms with E-state index in [1.165, 1.54) is 20.7 Å². The molecule has 2 aromatic rings. The number of benzene rings is 2. The zero-order valence-corrected chi connectivity index (χ0v) is 23.7. The number of halogens is 1. The van der Waals surface area contributed by atoms with Gasteiger partial charge < -0.3 is 10.1 Å². The van der Waals surface area contributed by atoms with Crippen molar-refractivity contribution in [1.82, 2.24) is 13.9 Å². The molecule has 0 spiro atoms. The van der Waals surface area contributed by atoms with E-state index in [4.69, 9.17) is 4.74 Å². The van der Waals surface area contributed by atoms with Crippen LogP contribution in [-0.2, 0) is 36.1 Å². The second kappa shape index (κ2) is 12.4. The maximum absolute atomic E-state index is 13.5. The number of morpholine rings is 1. The zero-order valence-electron chi connectivity index (χ0n) is 20.5.